The van der Waals surface area contributed by atoms with Gasteiger partial charge in [-0.2, -0.15) is 0 Å². The van der Waals surface area contributed by atoms with Crippen LogP contribution in [0, 0.1) is 0 Å². The Morgan fingerprint density at radius 2 is 2.19 bits per heavy atom. The molecule has 5 nitrogen and oxygen atoms in total. The van der Waals surface area contributed by atoms with Gasteiger partial charge in [0, 0.05) is 39.3 Å². The van der Waals surface area contributed by atoms with Gasteiger partial charge in [-0.15, -0.1) is 0 Å². The topological polar surface area (TPSA) is 66.5 Å². The zero-order valence-electron chi connectivity index (χ0n) is 9.73. The fourth-order valence-corrected chi connectivity index (χ4v) is 1.55. The summed E-state index contributed by atoms with van der Waals surface area (Å²) >= 11 is 0. The van der Waals surface area contributed by atoms with E-state index in [1.807, 2.05) is 4.57 Å². The summed E-state index contributed by atoms with van der Waals surface area (Å²) in [5, 5.41) is 0. The monoisotopic (exact) mass is 226 g/mol. The molecule has 1 aromatic heterocycles. The van der Waals surface area contributed by atoms with Gasteiger partial charge in [-0.05, 0) is 12.5 Å². The molecule has 0 atom stereocenters. The first-order valence-corrected chi connectivity index (χ1v) is 5.15. The van der Waals surface area contributed by atoms with Crippen molar-refractivity contribution in [3.05, 3.63) is 23.5 Å². The third-order valence-electron chi connectivity index (χ3n) is 2.31. The molecule has 5 heteroatoms. The number of nitrogens with zero attached hydrogens (tertiary/aromatic N) is 1. The summed E-state index contributed by atoms with van der Waals surface area (Å²) in [5.41, 5.74) is 6.70. The largest absolute Gasteiger partial charge is 0.385 e. The summed E-state index contributed by atoms with van der Waals surface area (Å²) in [6.45, 7) is 1.95. The molecule has 0 aliphatic carbocycles. The van der Waals surface area contributed by atoms with Gasteiger partial charge in [-0.3, -0.25) is 4.79 Å². The van der Waals surface area contributed by atoms with Crippen LogP contribution in [0.4, 0.5) is 0 Å². The maximum Gasteiger partial charge on any atom is 0.250 e. The molecule has 16 heavy (non-hydrogen) atoms. The molecule has 2 N–H and O–H groups in total. The van der Waals surface area contributed by atoms with Crippen molar-refractivity contribution in [1.29, 1.82) is 0 Å². The van der Waals surface area contributed by atoms with Crippen LogP contribution in [0.3, 0.4) is 0 Å². The molecule has 90 valence electrons. The second-order valence-electron chi connectivity index (χ2n) is 3.56. The summed E-state index contributed by atoms with van der Waals surface area (Å²) in [5.74, 6) is -0.414. The number of hydrogen-bond donors (Lipinski definition) is 1. The lowest BCUT2D eigenvalue weighted by atomic mass is 10.3. The maximum atomic E-state index is 11.0. The minimum atomic E-state index is -0.414. The molecule has 1 rings (SSSR count). The molecule has 0 aliphatic rings. The minimum Gasteiger partial charge on any atom is -0.385 e. The normalized spacial score (nSPS) is 10.6. The van der Waals surface area contributed by atoms with E-state index in [0.29, 0.717) is 18.8 Å². The summed E-state index contributed by atoms with van der Waals surface area (Å²) in [4.78, 5) is 11.0. The van der Waals surface area contributed by atoms with E-state index < -0.39 is 5.91 Å². The average Bonchev–Trinajstić information content (AvgIpc) is 2.63. The number of aromatic nitrogens is 1. The quantitative estimate of drug-likeness (QED) is 0.698. The molecule has 0 unspecified atom stereocenters. The molecule has 0 fully saturated rings. The van der Waals surface area contributed by atoms with Gasteiger partial charge >= 0.3 is 0 Å². The van der Waals surface area contributed by atoms with Gasteiger partial charge in [-0.1, -0.05) is 0 Å². The highest BCUT2D eigenvalue weighted by Gasteiger charge is 2.09. The Bertz CT molecular complexity index is 347. The van der Waals surface area contributed by atoms with E-state index in [0.717, 1.165) is 18.7 Å². The van der Waals surface area contributed by atoms with Crippen molar-refractivity contribution in [2.75, 3.05) is 20.8 Å². The number of aryl methyl sites for hydroxylation is 1. The molecule has 1 amide bonds. The fourth-order valence-electron chi connectivity index (χ4n) is 1.55. The summed E-state index contributed by atoms with van der Waals surface area (Å²) in [7, 11) is 3.29. The van der Waals surface area contributed by atoms with Crippen LogP contribution in [0.25, 0.3) is 0 Å². The predicted octanol–water partition coefficient (Wildman–Crippen LogP) is 0.770. The van der Waals surface area contributed by atoms with Crippen molar-refractivity contribution >= 4 is 5.91 Å². The molecule has 0 saturated heterocycles. The molecule has 1 heterocycles. The van der Waals surface area contributed by atoms with Gasteiger partial charge in [0.25, 0.3) is 0 Å². The standard InChI is InChI=1S/C11H18N2O3/c1-15-5-3-4-13-7-9(11(12)14)6-10(13)8-16-2/h6-7H,3-5,8H2,1-2H3,(H2,12,14). The first-order valence-electron chi connectivity index (χ1n) is 5.15. The highest BCUT2D eigenvalue weighted by molar-refractivity contribution is 5.92. The van der Waals surface area contributed by atoms with E-state index in [1.165, 1.54) is 0 Å². The number of nitrogens with two attached hydrogens (primary N) is 1. The number of primary amides is 1. The lowest BCUT2D eigenvalue weighted by molar-refractivity contribution is 0.1000. The zero-order chi connectivity index (χ0) is 12.0. The Morgan fingerprint density at radius 3 is 2.75 bits per heavy atom. The molecule has 0 aliphatic heterocycles. The molecular formula is C11H18N2O3. The Labute approximate surface area is 95.1 Å². The van der Waals surface area contributed by atoms with E-state index in [-0.39, 0.29) is 0 Å². The summed E-state index contributed by atoms with van der Waals surface area (Å²) in [6, 6.07) is 1.76. The van der Waals surface area contributed by atoms with Crippen molar-refractivity contribution in [2.45, 2.75) is 19.6 Å². The van der Waals surface area contributed by atoms with Crippen molar-refractivity contribution in [3.8, 4) is 0 Å². The minimum absolute atomic E-state index is 0.414. The first kappa shape index (κ1) is 12.7. The SMILES string of the molecule is COCCCn1cc(C(N)=O)cc1COC. The molecule has 0 bridgehead atoms. The van der Waals surface area contributed by atoms with Gasteiger partial charge in [-0.25, -0.2) is 0 Å². The van der Waals surface area contributed by atoms with Gasteiger partial charge in [0.1, 0.15) is 0 Å². The third-order valence-corrected chi connectivity index (χ3v) is 2.31. The van der Waals surface area contributed by atoms with E-state index in [9.17, 15) is 4.79 Å². The third kappa shape index (κ3) is 3.36. The van der Waals surface area contributed by atoms with Gasteiger partial charge in [0.2, 0.25) is 5.91 Å². The molecule has 0 radical (unpaired) electrons. The number of hydrogen-bond acceptors (Lipinski definition) is 3. The van der Waals surface area contributed by atoms with Crippen LogP contribution < -0.4 is 5.73 Å². The van der Waals surface area contributed by atoms with E-state index >= 15 is 0 Å². The Kier molecular flexibility index (Phi) is 5.01. The van der Waals surface area contributed by atoms with Gasteiger partial charge in [0.05, 0.1) is 12.2 Å². The van der Waals surface area contributed by atoms with Gasteiger partial charge < -0.3 is 19.8 Å². The van der Waals surface area contributed by atoms with Crippen LogP contribution in [0.2, 0.25) is 0 Å². The molecule has 0 saturated carbocycles. The number of rotatable bonds is 7. The molecular weight excluding hydrogens is 208 g/mol. The van der Waals surface area contributed by atoms with E-state index in [4.69, 9.17) is 15.2 Å². The maximum absolute atomic E-state index is 11.0. The van der Waals surface area contributed by atoms with Gasteiger partial charge in [0.15, 0.2) is 0 Å². The van der Waals surface area contributed by atoms with Crippen molar-refractivity contribution in [3.63, 3.8) is 0 Å². The Balaban J connectivity index is 2.74. The van der Waals surface area contributed by atoms with E-state index in [2.05, 4.69) is 0 Å². The van der Waals surface area contributed by atoms with Crippen molar-refractivity contribution in [1.82, 2.24) is 4.57 Å². The highest BCUT2D eigenvalue weighted by Crippen LogP contribution is 2.10. The van der Waals surface area contributed by atoms with Crippen molar-refractivity contribution in [2.24, 2.45) is 5.73 Å². The summed E-state index contributed by atoms with van der Waals surface area (Å²) in [6.07, 6.45) is 2.65. The predicted molar refractivity (Wildman–Crippen MR) is 60.2 cm³/mol. The second-order valence-corrected chi connectivity index (χ2v) is 3.56. The number of carbonyl (C=O) groups is 1. The molecule has 0 spiro atoms. The lowest BCUT2D eigenvalue weighted by Gasteiger charge is -2.07. The smallest absolute Gasteiger partial charge is 0.250 e. The summed E-state index contributed by atoms with van der Waals surface area (Å²) < 4.78 is 12.0. The first-order chi connectivity index (χ1) is 7.69. The van der Waals surface area contributed by atoms with Crippen LogP contribution in [0.1, 0.15) is 22.5 Å². The Morgan fingerprint density at radius 1 is 1.44 bits per heavy atom. The molecule has 0 aromatic carbocycles. The average molecular weight is 226 g/mol. The number of carbonyl (C=O) groups excluding carboxylic acids is 1. The second kappa shape index (κ2) is 6.30. The zero-order valence-corrected chi connectivity index (χ0v) is 9.73. The van der Waals surface area contributed by atoms with Crippen LogP contribution in [0.5, 0.6) is 0 Å². The van der Waals surface area contributed by atoms with Crippen LogP contribution in [-0.2, 0) is 22.6 Å². The lowest BCUT2D eigenvalue weighted by Crippen LogP contribution is -2.09. The number of amides is 1. The number of methoxy groups -OCH3 is 2. The Hall–Kier alpha value is -1.33. The van der Waals surface area contributed by atoms with Crippen LogP contribution in [0.15, 0.2) is 12.3 Å². The number of ether oxygens (including phenoxy) is 2. The van der Waals surface area contributed by atoms with Crippen LogP contribution in [-0.4, -0.2) is 31.3 Å². The molecule has 1 aromatic rings. The fraction of sp³-hybridized carbons (Fsp3) is 0.545. The van der Waals surface area contributed by atoms with Crippen molar-refractivity contribution < 1.29 is 14.3 Å². The highest BCUT2D eigenvalue weighted by atomic mass is 16.5. The van der Waals surface area contributed by atoms with Crippen LogP contribution >= 0.6 is 0 Å². The van der Waals surface area contributed by atoms with E-state index in [1.54, 1.807) is 26.5 Å².